The first kappa shape index (κ1) is 22.1. The smallest absolute Gasteiger partial charge is 0.341 e. The average molecular weight is 426 g/mol. The average Bonchev–Trinajstić information content (AvgIpc) is 3.08. The van der Waals surface area contributed by atoms with Crippen LogP contribution in [0.15, 0.2) is 0 Å². The van der Waals surface area contributed by atoms with Crippen LogP contribution in [0.5, 0.6) is 0 Å². The van der Waals surface area contributed by atoms with Crippen molar-refractivity contribution in [2.75, 3.05) is 11.9 Å². The molecule has 2 rings (SSSR count). The summed E-state index contributed by atoms with van der Waals surface area (Å²) in [7, 11) is 0. The minimum atomic E-state index is -0.607. The maximum atomic E-state index is 13.0. The Kier molecular flexibility index (Phi) is 7.01. The highest BCUT2D eigenvalue weighted by Gasteiger charge is 2.29. The lowest BCUT2D eigenvalue weighted by molar-refractivity contribution is -0.119. The molecule has 2 aromatic rings. The van der Waals surface area contributed by atoms with E-state index in [0.717, 1.165) is 11.3 Å². The number of nitrogens with zero attached hydrogens (tertiary/aromatic N) is 2. The summed E-state index contributed by atoms with van der Waals surface area (Å²) in [5.74, 6) is -1.08. The summed E-state index contributed by atoms with van der Waals surface area (Å²) in [6, 6.07) is -0.607. The monoisotopic (exact) mass is 425 g/mol. The quantitative estimate of drug-likeness (QED) is 0.521. The standard InChI is InChI=1S/C19H24ClN3O4S/c1-7-13(23-11(5)15(20)10(4)22-23)17(25)21-18-14(19(26)27-8-2)9(3)16(28-18)12(6)24/h13H,7-8H2,1-6H3,(H,21,25). The number of ketones is 1. The van der Waals surface area contributed by atoms with E-state index in [4.69, 9.17) is 16.3 Å². The van der Waals surface area contributed by atoms with Crippen molar-refractivity contribution in [3.8, 4) is 0 Å². The SMILES string of the molecule is CCOC(=O)c1c(NC(=O)C(CC)n2nc(C)c(Cl)c2C)sc(C(C)=O)c1C. The third-order valence-corrected chi connectivity index (χ3v) is 6.26. The molecule has 28 heavy (non-hydrogen) atoms. The van der Waals surface area contributed by atoms with Gasteiger partial charge in [-0.15, -0.1) is 11.3 Å². The number of aryl methyl sites for hydroxylation is 1. The normalized spacial score (nSPS) is 12.0. The Morgan fingerprint density at radius 2 is 1.89 bits per heavy atom. The first-order valence-corrected chi connectivity index (χ1v) is 10.2. The van der Waals surface area contributed by atoms with Crippen molar-refractivity contribution >= 4 is 45.6 Å². The van der Waals surface area contributed by atoms with Crippen LogP contribution in [0.3, 0.4) is 0 Å². The molecule has 0 saturated heterocycles. The fourth-order valence-corrected chi connectivity index (χ4v) is 4.21. The molecule has 2 aromatic heterocycles. The molecule has 1 atom stereocenters. The first-order chi connectivity index (χ1) is 13.1. The number of carbonyl (C=O) groups excluding carboxylic acids is 3. The number of hydrogen-bond donors (Lipinski definition) is 1. The largest absolute Gasteiger partial charge is 0.462 e. The Labute approximate surface area is 173 Å². The van der Waals surface area contributed by atoms with Gasteiger partial charge in [0.15, 0.2) is 5.78 Å². The molecule has 152 valence electrons. The van der Waals surface area contributed by atoms with E-state index < -0.39 is 12.0 Å². The van der Waals surface area contributed by atoms with E-state index in [9.17, 15) is 14.4 Å². The van der Waals surface area contributed by atoms with Crippen molar-refractivity contribution in [1.82, 2.24) is 9.78 Å². The highest BCUT2D eigenvalue weighted by molar-refractivity contribution is 7.18. The number of anilines is 1. The predicted molar refractivity (Wildman–Crippen MR) is 110 cm³/mol. The fourth-order valence-electron chi connectivity index (χ4n) is 3.00. The van der Waals surface area contributed by atoms with E-state index in [1.165, 1.54) is 6.92 Å². The van der Waals surface area contributed by atoms with Gasteiger partial charge in [0, 0.05) is 0 Å². The highest BCUT2D eigenvalue weighted by atomic mass is 35.5. The van der Waals surface area contributed by atoms with Crippen LogP contribution in [0.4, 0.5) is 5.00 Å². The number of halogens is 1. The van der Waals surface area contributed by atoms with Gasteiger partial charge in [0.2, 0.25) is 5.91 Å². The van der Waals surface area contributed by atoms with Gasteiger partial charge >= 0.3 is 5.97 Å². The maximum absolute atomic E-state index is 13.0. The van der Waals surface area contributed by atoms with E-state index in [1.54, 1.807) is 32.4 Å². The lowest BCUT2D eigenvalue weighted by atomic mass is 10.1. The summed E-state index contributed by atoms with van der Waals surface area (Å²) in [4.78, 5) is 37.7. The van der Waals surface area contributed by atoms with Gasteiger partial charge in [0.25, 0.3) is 0 Å². The number of amides is 1. The topological polar surface area (TPSA) is 90.3 Å². The molecule has 0 bridgehead atoms. The Bertz CT molecular complexity index is 932. The molecule has 0 spiro atoms. The number of Topliss-reactive ketones (excluding diaryl/α,β-unsaturated/α-hetero) is 1. The predicted octanol–water partition coefficient (Wildman–Crippen LogP) is 4.49. The molecule has 1 amide bonds. The Morgan fingerprint density at radius 1 is 1.25 bits per heavy atom. The molecule has 0 aliphatic rings. The fraction of sp³-hybridized carbons (Fsp3) is 0.474. The van der Waals surface area contributed by atoms with E-state index in [1.807, 2.05) is 6.92 Å². The summed E-state index contributed by atoms with van der Waals surface area (Å²) < 4.78 is 6.69. The van der Waals surface area contributed by atoms with Crippen LogP contribution in [0.25, 0.3) is 0 Å². The zero-order valence-electron chi connectivity index (χ0n) is 16.8. The summed E-state index contributed by atoms with van der Waals surface area (Å²) in [5, 5.41) is 7.98. The summed E-state index contributed by atoms with van der Waals surface area (Å²) in [6.07, 6.45) is 0.475. The summed E-state index contributed by atoms with van der Waals surface area (Å²) in [6.45, 7) is 10.4. The van der Waals surface area contributed by atoms with Gasteiger partial charge < -0.3 is 10.1 Å². The van der Waals surface area contributed by atoms with E-state index in [0.29, 0.717) is 38.3 Å². The number of nitrogens with one attached hydrogen (secondary N) is 1. The number of ether oxygens (including phenoxy) is 1. The van der Waals surface area contributed by atoms with Crippen LogP contribution in [0.2, 0.25) is 5.02 Å². The molecule has 9 heteroatoms. The number of thiophene rings is 1. The van der Waals surface area contributed by atoms with Gasteiger partial charge in [-0.25, -0.2) is 4.79 Å². The lowest BCUT2D eigenvalue weighted by Gasteiger charge is -2.17. The molecule has 0 aliphatic heterocycles. The van der Waals surface area contributed by atoms with Gasteiger partial charge in [-0.3, -0.25) is 14.3 Å². The zero-order valence-corrected chi connectivity index (χ0v) is 18.4. The minimum absolute atomic E-state index is 0.175. The van der Waals surface area contributed by atoms with Crippen LogP contribution >= 0.6 is 22.9 Å². The number of esters is 1. The van der Waals surface area contributed by atoms with Crippen LogP contribution < -0.4 is 5.32 Å². The van der Waals surface area contributed by atoms with Crippen LogP contribution in [0.1, 0.15) is 70.2 Å². The first-order valence-electron chi connectivity index (χ1n) is 8.97. The van der Waals surface area contributed by atoms with Crippen molar-refractivity contribution in [3.63, 3.8) is 0 Å². The number of carbonyl (C=O) groups is 3. The van der Waals surface area contributed by atoms with E-state index in [-0.39, 0.29) is 23.9 Å². The van der Waals surface area contributed by atoms with Gasteiger partial charge in [0.1, 0.15) is 11.0 Å². The molecule has 1 unspecified atom stereocenters. The summed E-state index contributed by atoms with van der Waals surface area (Å²) >= 11 is 7.29. The van der Waals surface area contributed by atoms with Gasteiger partial charge in [-0.2, -0.15) is 5.10 Å². The third-order valence-electron chi connectivity index (χ3n) is 4.40. The number of aromatic nitrogens is 2. The molecule has 0 fully saturated rings. The van der Waals surface area contributed by atoms with E-state index in [2.05, 4.69) is 10.4 Å². The zero-order chi connectivity index (χ0) is 21.2. The molecule has 0 radical (unpaired) electrons. The van der Waals surface area contributed by atoms with Gasteiger partial charge in [-0.1, -0.05) is 18.5 Å². The van der Waals surface area contributed by atoms with Crippen molar-refractivity contribution in [2.45, 2.75) is 54.0 Å². The van der Waals surface area contributed by atoms with Gasteiger partial charge in [-0.05, 0) is 46.6 Å². The molecular formula is C19H24ClN3O4S. The third kappa shape index (κ3) is 4.12. The highest BCUT2D eigenvalue weighted by Crippen LogP contribution is 2.35. The number of hydrogen-bond acceptors (Lipinski definition) is 6. The second-order valence-electron chi connectivity index (χ2n) is 6.38. The molecular weight excluding hydrogens is 402 g/mol. The minimum Gasteiger partial charge on any atom is -0.462 e. The summed E-state index contributed by atoms with van der Waals surface area (Å²) in [5.41, 5.74) is 2.06. The molecule has 0 aromatic carbocycles. The maximum Gasteiger partial charge on any atom is 0.341 e. The van der Waals surface area contributed by atoms with Crippen molar-refractivity contribution in [2.24, 2.45) is 0 Å². The Morgan fingerprint density at radius 3 is 2.36 bits per heavy atom. The van der Waals surface area contributed by atoms with Crippen molar-refractivity contribution in [1.29, 1.82) is 0 Å². The molecule has 7 nitrogen and oxygen atoms in total. The second-order valence-corrected chi connectivity index (χ2v) is 7.78. The number of rotatable bonds is 7. The molecule has 1 N–H and O–H groups in total. The Hall–Kier alpha value is -2.19. The van der Waals surface area contributed by atoms with Crippen molar-refractivity contribution < 1.29 is 19.1 Å². The van der Waals surface area contributed by atoms with Crippen molar-refractivity contribution in [3.05, 3.63) is 32.4 Å². The molecule has 0 aliphatic carbocycles. The molecule has 0 saturated carbocycles. The van der Waals surface area contributed by atoms with Crippen LogP contribution in [-0.2, 0) is 9.53 Å². The van der Waals surface area contributed by atoms with Crippen LogP contribution in [0, 0.1) is 20.8 Å². The van der Waals surface area contributed by atoms with Gasteiger partial charge in [0.05, 0.1) is 33.5 Å². The van der Waals surface area contributed by atoms with E-state index >= 15 is 0 Å². The van der Waals surface area contributed by atoms with Crippen LogP contribution in [-0.4, -0.2) is 34.0 Å². The molecule has 2 heterocycles. The lowest BCUT2D eigenvalue weighted by Crippen LogP contribution is -2.27. The second kappa shape index (κ2) is 8.87. The Balaban J connectivity index is 2.43.